The fourth-order valence-electron chi connectivity index (χ4n) is 2.48. The molecule has 0 aliphatic rings. The lowest BCUT2D eigenvalue weighted by Crippen LogP contribution is -2.14. The van der Waals surface area contributed by atoms with Crippen molar-refractivity contribution in [2.24, 2.45) is 0 Å². The number of benzene rings is 2. The Kier molecular flexibility index (Phi) is 5.83. The maximum atomic E-state index is 13.1. The van der Waals surface area contributed by atoms with E-state index in [1.165, 1.54) is 37.4 Å². The van der Waals surface area contributed by atoms with Gasteiger partial charge in [0.25, 0.3) is 10.0 Å². The van der Waals surface area contributed by atoms with Crippen LogP contribution in [0.4, 0.5) is 10.1 Å². The third-order valence-corrected chi connectivity index (χ3v) is 5.23. The number of esters is 1. The number of halogens is 1. The number of ether oxygens (including phenoxy) is 2. The van der Waals surface area contributed by atoms with Crippen LogP contribution in [-0.4, -0.2) is 33.3 Å². The number of methoxy groups -OCH3 is 1. The molecule has 0 saturated heterocycles. The normalized spacial score (nSPS) is 11.1. The minimum atomic E-state index is -4.07. The number of aromatic nitrogens is 1. The topological polar surface area (TPSA) is 108 Å². The molecule has 0 radical (unpaired) electrons. The van der Waals surface area contributed by atoms with E-state index in [1.54, 1.807) is 13.0 Å². The van der Waals surface area contributed by atoms with Crippen molar-refractivity contribution in [2.45, 2.75) is 11.8 Å². The zero-order valence-corrected chi connectivity index (χ0v) is 16.3. The van der Waals surface area contributed by atoms with E-state index in [0.717, 1.165) is 12.1 Å². The highest BCUT2D eigenvalue weighted by molar-refractivity contribution is 7.92. The molecule has 29 heavy (non-hydrogen) atoms. The molecule has 1 aromatic heterocycles. The molecule has 8 nitrogen and oxygen atoms in total. The van der Waals surface area contributed by atoms with E-state index in [0.29, 0.717) is 5.56 Å². The Labute approximate surface area is 166 Å². The van der Waals surface area contributed by atoms with Crippen molar-refractivity contribution in [3.63, 3.8) is 0 Å². The molecule has 0 atom stereocenters. The summed E-state index contributed by atoms with van der Waals surface area (Å²) >= 11 is 0. The van der Waals surface area contributed by atoms with Crippen molar-refractivity contribution in [1.82, 2.24) is 5.16 Å². The lowest BCUT2D eigenvalue weighted by Gasteiger charge is -2.12. The SMILES string of the molecule is CCOC(=O)c1cc(-c2ccc(OC)c(S(=O)(=O)Nc3ccc(F)cc3)c2)on1. The monoisotopic (exact) mass is 420 g/mol. The minimum absolute atomic E-state index is 0.0356. The number of nitrogens with one attached hydrogen (secondary N) is 1. The number of nitrogens with zero attached hydrogens (tertiary/aromatic N) is 1. The van der Waals surface area contributed by atoms with Crippen LogP contribution in [0.25, 0.3) is 11.3 Å². The van der Waals surface area contributed by atoms with Gasteiger partial charge in [0.05, 0.1) is 13.7 Å². The molecule has 10 heteroatoms. The molecule has 2 aromatic carbocycles. The smallest absolute Gasteiger partial charge is 0.360 e. The minimum Gasteiger partial charge on any atom is -0.495 e. The van der Waals surface area contributed by atoms with Gasteiger partial charge in [-0.3, -0.25) is 4.72 Å². The number of carbonyl (C=O) groups is 1. The van der Waals surface area contributed by atoms with E-state index in [1.807, 2.05) is 0 Å². The highest BCUT2D eigenvalue weighted by Gasteiger charge is 2.22. The first-order valence-corrected chi connectivity index (χ1v) is 9.93. The highest BCUT2D eigenvalue weighted by atomic mass is 32.2. The van der Waals surface area contributed by atoms with Gasteiger partial charge in [-0.2, -0.15) is 0 Å². The zero-order valence-electron chi connectivity index (χ0n) is 15.5. The first-order chi connectivity index (χ1) is 13.8. The summed E-state index contributed by atoms with van der Waals surface area (Å²) in [6, 6.07) is 10.5. The van der Waals surface area contributed by atoms with Crippen molar-refractivity contribution in [1.29, 1.82) is 0 Å². The Hall–Kier alpha value is -3.40. The van der Waals surface area contributed by atoms with Crippen LogP contribution in [0.15, 0.2) is 57.9 Å². The average Bonchev–Trinajstić information content (AvgIpc) is 3.20. The molecule has 0 saturated carbocycles. The molecule has 0 bridgehead atoms. The lowest BCUT2D eigenvalue weighted by atomic mass is 10.1. The van der Waals surface area contributed by atoms with Gasteiger partial charge in [0.1, 0.15) is 16.5 Å². The Morgan fingerprint density at radius 3 is 2.55 bits per heavy atom. The molecule has 0 aliphatic heterocycles. The third kappa shape index (κ3) is 4.54. The van der Waals surface area contributed by atoms with Crippen molar-refractivity contribution in [3.8, 4) is 17.1 Å². The standard InChI is InChI=1S/C19H17FN2O6S/c1-3-27-19(23)15-11-17(28-21-15)12-4-9-16(26-2)18(10-12)29(24,25)22-14-7-5-13(20)6-8-14/h4-11,22H,3H2,1-2H3. The number of hydrogen-bond donors (Lipinski definition) is 1. The maximum Gasteiger partial charge on any atom is 0.360 e. The van der Waals surface area contributed by atoms with Gasteiger partial charge in [-0.1, -0.05) is 5.16 Å². The molecule has 0 aliphatic carbocycles. The molecule has 3 rings (SSSR count). The molecule has 0 fully saturated rings. The van der Waals surface area contributed by atoms with Gasteiger partial charge in [-0.15, -0.1) is 0 Å². The van der Waals surface area contributed by atoms with Crippen LogP contribution < -0.4 is 9.46 Å². The Morgan fingerprint density at radius 2 is 1.90 bits per heavy atom. The number of hydrogen-bond acceptors (Lipinski definition) is 7. The maximum absolute atomic E-state index is 13.1. The van der Waals surface area contributed by atoms with Crippen LogP contribution in [0.2, 0.25) is 0 Å². The molecule has 3 aromatic rings. The van der Waals surface area contributed by atoms with E-state index in [2.05, 4.69) is 9.88 Å². The summed E-state index contributed by atoms with van der Waals surface area (Å²) in [6.45, 7) is 1.84. The van der Waals surface area contributed by atoms with Crippen LogP contribution >= 0.6 is 0 Å². The molecular weight excluding hydrogens is 403 g/mol. The fourth-order valence-corrected chi connectivity index (χ4v) is 3.74. The highest BCUT2D eigenvalue weighted by Crippen LogP contribution is 2.31. The largest absolute Gasteiger partial charge is 0.495 e. The van der Waals surface area contributed by atoms with Gasteiger partial charge in [0.2, 0.25) is 0 Å². The van der Waals surface area contributed by atoms with Crippen molar-refractivity contribution in [3.05, 3.63) is 60.0 Å². The summed E-state index contributed by atoms with van der Waals surface area (Å²) in [4.78, 5) is 11.6. The van der Waals surface area contributed by atoms with Crippen LogP contribution in [0.5, 0.6) is 5.75 Å². The quantitative estimate of drug-likeness (QED) is 0.583. The summed E-state index contributed by atoms with van der Waals surface area (Å²) in [7, 11) is -2.74. The first kappa shape index (κ1) is 20.3. The first-order valence-electron chi connectivity index (χ1n) is 8.44. The molecule has 0 spiro atoms. The Bertz CT molecular complexity index is 1130. The summed E-state index contributed by atoms with van der Waals surface area (Å²) in [5.74, 6) is -0.875. The summed E-state index contributed by atoms with van der Waals surface area (Å²) in [5.41, 5.74) is 0.503. The van der Waals surface area contributed by atoms with Crippen molar-refractivity contribution in [2.75, 3.05) is 18.4 Å². The predicted molar refractivity (Wildman–Crippen MR) is 102 cm³/mol. The number of carbonyl (C=O) groups excluding carboxylic acids is 1. The van der Waals surface area contributed by atoms with Crippen LogP contribution in [-0.2, 0) is 14.8 Å². The number of sulfonamides is 1. The molecular formula is C19H17FN2O6S. The average molecular weight is 420 g/mol. The van der Waals surface area contributed by atoms with Gasteiger partial charge in [-0.05, 0) is 49.4 Å². The van der Waals surface area contributed by atoms with Gasteiger partial charge in [-0.25, -0.2) is 17.6 Å². The summed E-state index contributed by atoms with van der Waals surface area (Å²) in [5, 5.41) is 3.64. The van der Waals surface area contributed by atoms with Crippen LogP contribution in [0, 0.1) is 5.82 Å². The van der Waals surface area contributed by atoms with Crippen molar-refractivity contribution >= 4 is 21.7 Å². The van der Waals surface area contributed by atoms with Crippen molar-refractivity contribution < 1.29 is 31.6 Å². The molecule has 0 amide bonds. The van der Waals surface area contributed by atoms with Crippen LogP contribution in [0.3, 0.4) is 0 Å². The Morgan fingerprint density at radius 1 is 1.17 bits per heavy atom. The molecule has 1 N–H and O–H groups in total. The second-order valence-corrected chi connectivity index (χ2v) is 7.43. The summed E-state index contributed by atoms with van der Waals surface area (Å²) in [6.07, 6.45) is 0. The zero-order chi connectivity index (χ0) is 21.0. The second kappa shape index (κ2) is 8.31. The van der Waals surface area contributed by atoms with Gasteiger partial charge >= 0.3 is 5.97 Å². The van der Waals surface area contributed by atoms with Gasteiger partial charge < -0.3 is 14.0 Å². The van der Waals surface area contributed by atoms with Crippen LogP contribution in [0.1, 0.15) is 17.4 Å². The predicted octanol–water partition coefficient (Wildman–Crippen LogP) is 3.47. The Balaban J connectivity index is 1.96. The summed E-state index contributed by atoms with van der Waals surface area (Å²) < 4.78 is 56.3. The van der Waals surface area contributed by atoms with E-state index in [-0.39, 0.29) is 34.4 Å². The fraction of sp³-hybridized carbons (Fsp3) is 0.158. The molecule has 1 heterocycles. The van der Waals surface area contributed by atoms with E-state index in [4.69, 9.17) is 14.0 Å². The second-order valence-electron chi connectivity index (χ2n) is 5.77. The van der Waals surface area contributed by atoms with Gasteiger partial charge in [0, 0.05) is 17.3 Å². The van der Waals surface area contributed by atoms with E-state index >= 15 is 0 Å². The third-order valence-electron chi connectivity index (χ3n) is 3.83. The lowest BCUT2D eigenvalue weighted by molar-refractivity contribution is 0.0514. The van der Waals surface area contributed by atoms with E-state index in [9.17, 15) is 17.6 Å². The van der Waals surface area contributed by atoms with Gasteiger partial charge in [0.15, 0.2) is 11.5 Å². The molecule has 0 unspecified atom stereocenters. The van der Waals surface area contributed by atoms with E-state index < -0.39 is 21.8 Å². The molecule has 152 valence electrons. The number of rotatable bonds is 7. The number of anilines is 1.